The van der Waals surface area contributed by atoms with Crippen molar-refractivity contribution in [1.29, 1.82) is 0 Å². The zero-order valence-corrected chi connectivity index (χ0v) is 24.3. The van der Waals surface area contributed by atoms with Crippen LogP contribution in [-0.4, -0.2) is 70.9 Å². The number of imidazole rings is 1. The third-order valence-electron chi connectivity index (χ3n) is 7.04. The lowest BCUT2D eigenvalue weighted by atomic mass is 10.1. The van der Waals surface area contributed by atoms with E-state index < -0.39 is 0 Å². The summed E-state index contributed by atoms with van der Waals surface area (Å²) in [5.41, 5.74) is 5.52. The fourth-order valence-corrected chi connectivity index (χ4v) is 4.54. The molecule has 1 aliphatic rings. The van der Waals surface area contributed by atoms with E-state index in [2.05, 4.69) is 34.7 Å². The Balaban J connectivity index is 1.41. The average Bonchev–Trinajstić information content (AvgIpc) is 3.68. The van der Waals surface area contributed by atoms with Crippen LogP contribution >= 0.6 is 0 Å². The highest BCUT2D eigenvalue weighted by molar-refractivity contribution is 5.95. The van der Waals surface area contributed by atoms with Crippen molar-refractivity contribution in [3.05, 3.63) is 72.1 Å². The molecular formula is C32H39N7O2. The van der Waals surface area contributed by atoms with E-state index in [0.717, 1.165) is 60.5 Å². The summed E-state index contributed by atoms with van der Waals surface area (Å²) < 4.78 is 2.04. The highest BCUT2D eigenvalue weighted by atomic mass is 16.2. The van der Waals surface area contributed by atoms with Gasteiger partial charge in [-0.3, -0.25) is 14.0 Å². The summed E-state index contributed by atoms with van der Waals surface area (Å²) in [6.45, 7) is 6.62. The van der Waals surface area contributed by atoms with Crippen molar-refractivity contribution in [2.45, 2.75) is 39.2 Å². The van der Waals surface area contributed by atoms with Crippen molar-refractivity contribution in [2.75, 3.05) is 39.0 Å². The highest BCUT2D eigenvalue weighted by Gasteiger charge is 2.24. The Bertz CT molecular complexity index is 1500. The van der Waals surface area contributed by atoms with Crippen LogP contribution in [0.1, 0.15) is 53.8 Å². The number of aromatic nitrogens is 3. The molecule has 5 rings (SSSR count). The quantitative estimate of drug-likeness (QED) is 0.220. The van der Waals surface area contributed by atoms with E-state index in [1.54, 1.807) is 0 Å². The van der Waals surface area contributed by atoms with Crippen molar-refractivity contribution in [1.82, 2.24) is 29.9 Å². The fourth-order valence-electron chi connectivity index (χ4n) is 4.54. The maximum Gasteiger partial charge on any atom is 0.251 e. The van der Waals surface area contributed by atoms with Gasteiger partial charge in [0.05, 0.1) is 17.6 Å². The SMILES string of the molecule is CC(C)CNc1nc(-c2ccc(C(=O)NCCCN(C)C)cc2)cn2c(-c3ccc(C(=O)NC4CC4)cc3)cnc12. The van der Waals surface area contributed by atoms with E-state index >= 15 is 0 Å². The van der Waals surface area contributed by atoms with Gasteiger partial charge in [0, 0.05) is 47.6 Å². The molecule has 214 valence electrons. The third kappa shape index (κ3) is 7.10. The van der Waals surface area contributed by atoms with Crippen molar-refractivity contribution in [3.63, 3.8) is 0 Å². The first kappa shape index (κ1) is 28.3. The Morgan fingerprint density at radius 2 is 1.63 bits per heavy atom. The largest absolute Gasteiger partial charge is 0.367 e. The average molecular weight is 554 g/mol. The number of hydrogen-bond donors (Lipinski definition) is 3. The first-order chi connectivity index (χ1) is 19.8. The molecule has 0 radical (unpaired) electrons. The van der Waals surface area contributed by atoms with Crippen molar-refractivity contribution in [2.24, 2.45) is 5.92 Å². The second kappa shape index (κ2) is 12.5. The summed E-state index contributed by atoms with van der Waals surface area (Å²) in [5.74, 6) is 1.02. The van der Waals surface area contributed by atoms with Crippen LogP contribution in [0.3, 0.4) is 0 Å². The molecule has 1 fully saturated rings. The number of nitrogens with zero attached hydrogens (tertiary/aromatic N) is 4. The van der Waals surface area contributed by atoms with E-state index in [1.165, 1.54) is 0 Å². The second-order valence-electron chi connectivity index (χ2n) is 11.4. The number of anilines is 1. The minimum atomic E-state index is -0.0795. The molecule has 41 heavy (non-hydrogen) atoms. The first-order valence-electron chi connectivity index (χ1n) is 14.3. The summed E-state index contributed by atoms with van der Waals surface area (Å²) in [5, 5.41) is 9.49. The van der Waals surface area contributed by atoms with Crippen LogP contribution in [0, 0.1) is 5.92 Å². The molecule has 0 atom stereocenters. The summed E-state index contributed by atoms with van der Waals surface area (Å²) >= 11 is 0. The van der Waals surface area contributed by atoms with Gasteiger partial charge in [0.25, 0.3) is 11.8 Å². The lowest BCUT2D eigenvalue weighted by Crippen LogP contribution is -2.27. The number of nitrogens with one attached hydrogen (secondary N) is 3. The molecule has 9 heteroatoms. The summed E-state index contributed by atoms with van der Waals surface area (Å²) in [7, 11) is 4.05. The Morgan fingerprint density at radius 1 is 0.976 bits per heavy atom. The summed E-state index contributed by atoms with van der Waals surface area (Å²) in [6.07, 6.45) is 6.83. The highest BCUT2D eigenvalue weighted by Crippen LogP contribution is 2.28. The van der Waals surface area contributed by atoms with Gasteiger partial charge in [0.1, 0.15) is 0 Å². The standard InChI is InChI=1S/C32H39N7O2/c1-21(2)18-34-29-30-35-19-28(23-8-12-25(13-9-23)32(41)36-26-14-15-26)39(30)20-27(37-29)22-6-10-24(11-7-22)31(40)33-16-5-17-38(3)4/h6-13,19-21,26H,5,14-18H2,1-4H3,(H,33,40)(H,34,37)(H,36,41). The molecule has 1 aliphatic carbocycles. The monoisotopic (exact) mass is 553 g/mol. The van der Waals surface area contributed by atoms with Gasteiger partial charge in [-0.05, 0) is 70.1 Å². The van der Waals surface area contributed by atoms with Crippen molar-refractivity contribution in [3.8, 4) is 22.5 Å². The number of fused-ring (bicyclic) bond motifs is 1. The second-order valence-corrected chi connectivity index (χ2v) is 11.4. The smallest absolute Gasteiger partial charge is 0.251 e. The van der Waals surface area contributed by atoms with Crippen LogP contribution < -0.4 is 16.0 Å². The number of carbonyl (C=O) groups excluding carboxylic acids is 2. The van der Waals surface area contributed by atoms with Gasteiger partial charge >= 0.3 is 0 Å². The van der Waals surface area contributed by atoms with E-state index in [1.807, 2.05) is 79.4 Å². The molecule has 3 N–H and O–H groups in total. The lowest BCUT2D eigenvalue weighted by Gasteiger charge is -2.13. The van der Waals surface area contributed by atoms with Crippen LogP contribution in [0.15, 0.2) is 60.9 Å². The van der Waals surface area contributed by atoms with Crippen LogP contribution in [-0.2, 0) is 0 Å². The Hall–Kier alpha value is -4.24. The van der Waals surface area contributed by atoms with E-state index in [9.17, 15) is 9.59 Å². The Morgan fingerprint density at radius 3 is 2.27 bits per heavy atom. The lowest BCUT2D eigenvalue weighted by molar-refractivity contribution is 0.0943. The molecule has 2 aromatic carbocycles. The minimum absolute atomic E-state index is 0.0328. The van der Waals surface area contributed by atoms with Crippen molar-refractivity contribution < 1.29 is 9.59 Å². The zero-order valence-electron chi connectivity index (χ0n) is 24.3. The Labute approximate surface area is 241 Å². The zero-order chi connectivity index (χ0) is 28.9. The molecule has 0 bridgehead atoms. The molecule has 0 saturated heterocycles. The van der Waals surface area contributed by atoms with Gasteiger partial charge in [-0.25, -0.2) is 9.97 Å². The predicted molar refractivity (Wildman–Crippen MR) is 163 cm³/mol. The van der Waals surface area contributed by atoms with E-state index in [-0.39, 0.29) is 11.8 Å². The van der Waals surface area contributed by atoms with Gasteiger partial charge in [0.2, 0.25) is 0 Å². The third-order valence-corrected chi connectivity index (χ3v) is 7.04. The van der Waals surface area contributed by atoms with E-state index in [0.29, 0.717) is 35.4 Å². The molecule has 1 saturated carbocycles. The number of carbonyl (C=O) groups is 2. The normalized spacial score (nSPS) is 13.1. The number of benzene rings is 2. The van der Waals surface area contributed by atoms with E-state index in [4.69, 9.17) is 9.97 Å². The molecule has 2 heterocycles. The van der Waals surface area contributed by atoms with Gasteiger partial charge in [-0.15, -0.1) is 0 Å². The van der Waals surface area contributed by atoms with Gasteiger partial charge < -0.3 is 20.9 Å². The maximum absolute atomic E-state index is 12.6. The minimum Gasteiger partial charge on any atom is -0.367 e. The topological polar surface area (TPSA) is 104 Å². The maximum atomic E-state index is 12.6. The van der Waals surface area contributed by atoms with Crippen LogP contribution in [0.4, 0.5) is 5.82 Å². The molecule has 2 amide bonds. The molecule has 0 aliphatic heterocycles. The number of rotatable bonds is 12. The fraction of sp³-hybridized carbons (Fsp3) is 0.375. The molecule has 0 unspecified atom stereocenters. The predicted octanol–water partition coefficient (Wildman–Crippen LogP) is 4.70. The first-order valence-corrected chi connectivity index (χ1v) is 14.3. The van der Waals surface area contributed by atoms with Crippen molar-refractivity contribution >= 4 is 23.3 Å². The number of amides is 2. The molecule has 4 aromatic rings. The van der Waals surface area contributed by atoms with Gasteiger partial charge in [0.15, 0.2) is 11.5 Å². The Kier molecular flexibility index (Phi) is 8.64. The molecule has 2 aromatic heterocycles. The molecular weight excluding hydrogens is 514 g/mol. The van der Waals surface area contributed by atoms with Gasteiger partial charge in [-0.1, -0.05) is 38.1 Å². The molecule has 9 nitrogen and oxygen atoms in total. The number of hydrogen-bond acceptors (Lipinski definition) is 6. The molecule has 0 spiro atoms. The van der Waals surface area contributed by atoms with Gasteiger partial charge in [-0.2, -0.15) is 0 Å². The summed E-state index contributed by atoms with van der Waals surface area (Å²) in [4.78, 5) is 36.8. The summed E-state index contributed by atoms with van der Waals surface area (Å²) in [6, 6.07) is 15.5. The van der Waals surface area contributed by atoms with Crippen LogP contribution in [0.25, 0.3) is 28.2 Å². The van der Waals surface area contributed by atoms with Crippen LogP contribution in [0.2, 0.25) is 0 Å². The van der Waals surface area contributed by atoms with Crippen LogP contribution in [0.5, 0.6) is 0 Å².